The van der Waals surface area contributed by atoms with E-state index in [0.29, 0.717) is 18.0 Å². The Morgan fingerprint density at radius 1 is 1.29 bits per heavy atom. The van der Waals surface area contributed by atoms with Crippen molar-refractivity contribution in [2.45, 2.75) is 50.1 Å². The Morgan fingerprint density at radius 2 is 1.92 bits per heavy atom. The maximum Gasteiger partial charge on any atom is 0.251 e. The second kappa shape index (κ2) is 7.63. The Bertz CT molecular complexity index is 671. The van der Waals surface area contributed by atoms with Crippen molar-refractivity contribution >= 4 is 15.9 Å². The molecule has 2 rings (SSSR count). The number of amides is 1. The molecule has 1 amide bonds. The summed E-state index contributed by atoms with van der Waals surface area (Å²) in [5.41, 5.74) is 6.20. The minimum atomic E-state index is -3.53. The number of hydrogen-bond donors (Lipinski definition) is 2. The summed E-state index contributed by atoms with van der Waals surface area (Å²) < 4.78 is 26.2. The van der Waals surface area contributed by atoms with Gasteiger partial charge in [-0.15, -0.1) is 0 Å². The molecule has 0 saturated heterocycles. The Morgan fingerprint density at radius 3 is 2.46 bits per heavy atom. The molecule has 24 heavy (non-hydrogen) atoms. The van der Waals surface area contributed by atoms with Gasteiger partial charge in [0.25, 0.3) is 5.91 Å². The average molecular weight is 353 g/mol. The summed E-state index contributed by atoms with van der Waals surface area (Å²) in [6, 6.07) is 6.06. The molecule has 1 aromatic rings. The number of sulfonamides is 1. The SMILES string of the molecule is CC(C)N(C)S(=O)(=O)c1ccc(C(=O)NC2CCCC2CN)cc1. The van der Waals surface area contributed by atoms with E-state index in [0.717, 1.165) is 19.3 Å². The van der Waals surface area contributed by atoms with Crippen molar-refractivity contribution in [1.82, 2.24) is 9.62 Å². The summed E-state index contributed by atoms with van der Waals surface area (Å²) in [5.74, 6) is 0.148. The molecule has 0 spiro atoms. The van der Waals surface area contributed by atoms with Crippen LogP contribution in [-0.2, 0) is 10.0 Å². The number of carbonyl (C=O) groups excluding carboxylic acids is 1. The van der Waals surface area contributed by atoms with Crippen molar-refractivity contribution in [1.29, 1.82) is 0 Å². The highest BCUT2D eigenvalue weighted by molar-refractivity contribution is 7.89. The Labute approximate surface area is 144 Å². The minimum absolute atomic E-state index is 0.109. The minimum Gasteiger partial charge on any atom is -0.349 e. The van der Waals surface area contributed by atoms with Gasteiger partial charge in [0.05, 0.1) is 4.90 Å². The molecule has 0 aliphatic heterocycles. The predicted octanol–water partition coefficient (Wildman–Crippen LogP) is 1.57. The van der Waals surface area contributed by atoms with Crippen molar-refractivity contribution in [3.05, 3.63) is 29.8 Å². The standard InChI is InChI=1S/C17H27N3O3S/c1-12(2)20(3)24(22,23)15-9-7-13(8-10-15)17(21)19-16-6-4-5-14(16)11-18/h7-10,12,14,16H,4-6,11,18H2,1-3H3,(H,19,21). The molecule has 0 heterocycles. The monoisotopic (exact) mass is 353 g/mol. The van der Waals surface area contributed by atoms with Crippen LogP contribution >= 0.6 is 0 Å². The number of nitrogens with one attached hydrogen (secondary N) is 1. The first kappa shape index (κ1) is 18.9. The fraction of sp³-hybridized carbons (Fsp3) is 0.588. The second-order valence-corrected chi connectivity index (χ2v) is 8.64. The maximum atomic E-state index is 12.4. The topological polar surface area (TPSA) is 92.5 Å². The van der Waals surface area contributed by atoms with E-state index in [-0.39, 0.29) is 22.9 Å². The predicted molar refractivity (Wildman–Crippen MR) is 94.2 cm³/mol. The highest BCUT2D eigenvalue weighted by Gasteiger charge is 2.28. The summed E-state index contributed by atoms with van der Waals surface area (Å²) >= 11 is 0. The number of benzene rings is 1. The Hall–Kier alpha value is -1.44. The zero-order chi connectivity index (χ0) is 17.9. The highest BCUT2D eigenvalue weighted by Crippen LogP contribution is 2.25. The number of rotatable bonds is 6. The number of nitrogens with zero attached hydrogens (tertiary/aromatic N) is 1. The van der Waals surface area contributed by atoms with Crippen molar-refractivity contribution in [3.8, 4) is 0 Å². The first-order chi connectivity index (χ1) is 11.3. The van der Waals surface area contributed by atoms with Crippen molar-refractivity contribution in [3.63, 3.8) is 0 Å². The molecule has 0 radical (unpaired) electrons. The van der Waals surface area contributed by atoms with E-state index in [1.165, 1.54) is 16.4 Å². The molecule has 1 aliphatic carbocycles. The van der Waals surface area contributed by atoms with Gasteiger partial charge in [-0.1, -0.05) is 6.42 Å². The third-order valence-corrected chi connectivity index (χ3v) is 6.85. The lowest BCUT2D eigenvalue weighted by molar-refractivity contribution is 0.0928. The third kappa shape index (κ3) is 3.96. The van der Waals surface area contributed by atoms with E-state index in [1.807, 2.05) is 13.8 Å². The van der Waals surface area contributed by atoms with Crippen LogP contribution in [0.15, 0.2) is 29.2 Å². The zero-order valence-corrected chi connectivity index (χ0v) is 15.3. The quantitative estimate of drug-likeness (QED) is 0.812. The van der Waals surface area contributed by atoms with Crippen LogP contribution in [-0.4, -0.2) is 44.3 Å². The van der Waals surface area contributed by atoms with Gasteiger partial charge in [-0.3, -0.25) is 4.79 Å². The van der Waals surface area contributed by atoms with Crippen LogP contribution in [0.4, 0.5) is 0 Å². The Balaban J connectivity index is 2.10. The van der Waals surface area contributed by atoms with Crippen molar-refractivity contribution in [2.75, 3.05) is 13.6 Å². The van der Waals surface area contributed by atoms with Crippen molar-refractivity contribution < 1.29 is 13.2 Å². The fourth-order valence-electron chi connectivity index (χ4n) is 2.98. The first-order valence-electron chi connectivity index (χ1n) is 8.36. The highest BCUT2D eigenvalue weighted by atomic mass is 32.2. The molecule has 2 atom stereocenters. The first-order valence-corrected chi connectivity index (χ1v) is 9.80. The molecule has 3 N–H and O–H groups in total. The average Bonchev–Trinajstić information content (AvgIpc) is 3.01. The molecule has 1 saturated carbocycles. The molecule has 6 nitrogen and oxygen atoms in total. The zero-order valence-electron chi connectivity index (χ0n) is 14.5. The molecule has 2 unspecified atom stereocenters. The lowest BCUT2D eigenvalue weighted by atomic mass is 10.0. The van der Waals surface area contributed by atoms with Gasteiger partial charge in [-0.05, 0) is 63.4 Å². The molecule has 1 aromatic carbocycles. The fourth-order valence-corrected chi connectivity index (χ4v) is 4.35. The van der Waals surface area contributed by atoms with Crippen LogP contribution in [0.25, 0.3) is 0 Å². The normalized spacial score (nSPS) is 21.4. The maximum absolute atomic E-state index is 12.4. The van der Waals surface area contributed by atoms with Crippen LogP contribution in [0.3, 0.4) is 0 Å². The lowest BCUT2D eigenvalue weighted by Gasteiger charge is -2.21. The van der Waals surface area contributed by atoms with E-state index in [4.69, 9.17) is 5.73 Å². The van der Waals surface area contributed by atoms with Crippen LogP contribution in [0.5, 0.6) is 0 Å². The molecule has 0 bridgehead atoms. The second-order valence-electron chi connectivity index (χ2n) is 6.65. The van der Waals surface area contributed by atoms with Crippen LogP contribution in [0.1, 0.15) is 43.5 Å². The van der Waals surface area contributed by atoms with Gasteiger partial charge in [0.15, 0.2) is 0 Å². The van der Waals surface area contributed by atoms with Crippen LogP contribution in [0, 0.1) is 5.92 Å². The smallest absolute Gasteiger partial charge is 0.251 e. The number of carbonyl (C=O) groups is 1. The van der Waals surface area contributed by atoms with Gasteiger partial charge in [0, 0.05) is 24.7 Å². The summed E-state index contributed by atoms with van der Waals surface area (Å²) in [7, 11) is -1.98. The van der Waals surface area contributed by atoms with Gasteiger partial charge in [-0.25, -0.2) is 8.42 Å². The van der Waals surface area contributed by atoms with E-state index in [2.05, 4.69) is 5.32 Å². The molecule has 7 heteroatoms. The summed E-state index contributed by atoms with van der Waals surface area (Å²) in [5, 5.41) is 3.02. The van der Waals surface area contributed by atoms with E-state index in [9.17, 15) is 13.2 Å². The van der Waals surface area contributed by atoms with Gasteiger partial charge >= 0.3 is 0 Å². The van der Waals surface area contributed by atoms with Gasteiger partial charge in [0.2, 0.25) is 10.0 Å². The molecule has 1 aliphatic rings. The number of hydrogen-bond acceptors (Lipinski definition) is 4. The molecule has 134 valence electrons. The molecular weight excluding hydrogens is 326 g/mol. The van der Waals surface area contributed by atoms with E-state index >= 15 is 0 Å². The summed E-state index contributed by atoms with van der Waals surface area (Å²) in [6.07, 6.45) is 3.06. The summed E-state index contributed by atoms with van der Waals surface area (Å²) in [6.45, 7) is 4.20. The van der Waals surface area contributed by atoms with Gasteiger partial charge in [0.1, 0.15) is 0 Å². The van der Waals surface area contributed by atoms with Gasteiger partial charge < -0.3 is 11.1 Å². The Kier molecular flexibility index (Phi) is 6.01. The molecule has 0 aromatic heterocycles. The third-order valence-electron chi connectivity index (χ3n) is 4.80. The van der Waals surface area contributed by atoms with Crippen molar-refractivity contribution in [2.24, 2.45) is 11.7 Å². The van der Waals surface area contributed by atoms with E-state index in [1.54, 1.807) is 19.2 Å². The largest absolute Gasteiger partial charge is 0.349 e. The molecular formula is C17H27N3O3S. The van der Waals surface area contributed by atoms with Gasteiger partial charge in [-0.2, -0.15) is 4.31 Å². The van der Waals surface area contributed by atoms with Crippen LogP contribution < -0.4 is 11.1 Å². The summed E-state index contributed by atoms with van der Waals surface area (Å²) in [4.78, 5) is 12.5. The lowest BCUT2D eigenvalue weighted by Crippen LogP contribution is -2.39. The molecule has 1 fully saturated rings. The van der Waals surface area contributed by atoms with E-state index < -0.39 is 10.0 Å². The van der Waals surface area contributed by atoms with Crippen LogP contribution in [0.2, 0.25) is 0 Å². The number of nitrogens with two attached hydrogens (primary N) is 1.